The number of rotatable bonds is 4. The van der Waals surface area contributed by atoms with E-state index in [0.717, 1.165) is 0 Å². The van der Waals surface area contributed by atoms with E-state index in [2.05, 4.69) is 27.7 Å². The first-order valence-corrected chi connectivity index (χ1v) is 4.43. The lowest BCUT2D eigenvalue weighted by molar-refractivity contribution is 0.158. The molecule has 0 rings (SSSR count). The predicted molar refractivity (Wildman–Crippen MR) is 53.6 cm³/mol. The second-order valence-electron chi connectivity index (χ2n) is 4.86. The largest absolute Gasteiger partial charge is 0.330 e. The summed E-state index contributed by atoms with van der Waals surface area (Å²) in [4.78, 5) is 0. The van der Waals surface area contributed by atoms with Crippen LogP contribution in [0.25, 0.3) is 0 Å². The lowest BCUT2D eigenvalue weighted by Gasteiger charge is -2.41. The van der Waals surface area contributed by atoms with Crippen LogP contribution in [0, 0.1) is 10.8 Å². The summed E-state index contributed by atoms with van der Waals surface area (Å²) >= 11 is 0. The third-order valence-corrected chi connectivity index (χ3v) is 2.74. The van der Waals surface area contributed by atoms with Gasteiger partial charge in [-0.25, -0.2) is 0 Å². The van der Waals surface area contributed by atoms with Crippen LogP contribution in [-0.2, 0) is 0 Å². The Hall–Kier alpha value is -0.120. The highest BCUT2D eigenvalue weighted by molar-refractivity contribution is 4.93. The Morgan fingerprint density at radius 2 is 1.17 bits per heavy atom. The van der Waals surface area contributed by atoms with Crippen LogP contribution in [0.3, 0.4) is 0 Å². The molecule has 3 heteroatoms. The van der Waals surface area contributed by atoms with Crippen LogP contribution < -0.4 is 17.2 Å². The fourth-order valence-corrected chi connectivity index (χ4v) is 1.31. The third kappa shape index (κ3) is 2.44. The van der Waals surface area contributed by atoms with E-state index in [1.54, 1.807) is 0 Å². The predicted octanol–water partition coefficient (Wildman–Crippen LogP) is 0.284. The molecule has 0 aliphatic carbocycles. The van der Waals surface area contributed by atoms with Gasteiger partial charge in [0.2, 0.25) is 0 Å². The van der Waals surface area contributed by atoms with Gasteiger partial charge in [0, 0.05) is 6.04 Å². The summed E-state index contributed by atoms with van der Waals surface area (Å²) in [7, 11) is 0. The molecule has 0 aliphatic rings. The Labute approximate surface area is 75.7 Å². The zero-order valence-electron chi connectivity index (χ0n) is 8.72. The van der Waals surface area contributed by atoms with Gasteiger partial charge in [0.05, 0.1) is 0 Å². The van der Waals surface area contributed by atoms with Crippen LogP contribution >= 0.6 is 0 Å². The molecule has 3 nitrogen and oxygen atoms in total. The van der Waals surface area contributed by atoms with Crippen molar-refractivity contribution in [1.29, 1.82) is 0 Å². The van der Waals surface area contributed by atoms with Crippen molar-refractivity contribution in [2.45, 2.75) is 33.7 Å². The molecule has 0 saturated carbocycles. The van der Waals surface area contributed by atoms with Gasteiger partial charge in [0.1, 0.15) is 0 Å². The maximum Gasteiger partial charge on any atom is 0.0166 e. The maximum absolute atomic E-state index is 6.09. The van der Waals surface area contributed by atoms with E-state index in [9.17, 15) is 0 Å². The fraction of sp³-hybridized carbons (Fsp3) is 1.00. The van der Waals surface area contributed by atoms with E-state index in [-0.39, 0.29) is 16.9 Å². The Morgan fingerprint density at radius 3 is 1.33 bits per heavy atom. The number of hydrogen-bond donors (Lipinski definition) is 3. The van der Waals surface area contributed by atoms with Crippen LogP contribution in [0.15, 0.2) is 0 Å². The number of nitrogens with two attached hydrogens (primary N) is 3. The summed E-state index contributed by atoms with van der Waals surface area (Å²) in [6.07, 6.45) is 0. The third-order valence-electron chi connectivity index (χ3n) is 2.74. The molecule has 0 aromatic rings. The van der Waals surface area contributed by atoms with Crippen molar-refractivity contribution in [3.8, 4) is 0 Å². The molecule has 0 saturated heterocycles. The maximum atomic E-state index is 6.09. The highest BCUT2D eigenvalue weighted by atomic mass is 14.8. The lowest BCUT2D eigenvalue weighted by Crippen LogP contribution is -2.54. The highest BCUT2D eigenvalue weighted by Crippen LogP contribution is 2.30. The molecule has 12 heavy (non-hydrogen) atoms. The summed E-state index contributed by atoms with van der Waals surface area (Å²) in [5, 5.41) is 0. The van der Waals surface area contributed by atoms with Gasteiger partial charge in [-0.05, 0) is 23.9 Å². The van der Waals surface area contributed by atoms with Gasteiger partial charge >= 0.3 is 0 Å². The standard InChI is InChI=1S/C9H23N3/c1-8(2,5-10)7(12)9(3,4)6-11/h7H,5-6,10-12H2,1-4H3. The fourth-order valence-electron chi connectivity index (χ4n) is 1.31. The van der Waals surface area contributed by atoms with E-state index >= 15 is 0 Å². The molecule has 0 aromatic carbocycles. The Kier molecular flexibility index (Phi) is 3.69. The molecule has 0 aliphatic heterocycles. The minimum absolute atomic E-state index is 0.0388. The minimum Gasteiger partial charge on any atom is -0.330 e. The molecule has 0 bridgehead atoms. The first kappa shape index (κ1) is 11.9. The zero-order valence-corrected chi connectivity index (χ0v) is 8.72. The van der Waals surface area contributed by atoms with Crippen molar-refractivity contribution in [3.05, 3.63) is 0 Å². The van der Waals surface area contributed by atoms with Crippen LogP contribution in [0.1, 0.15) is 27.7 Å². The summed E-state index contributed by atoms with van der Waals surface area (Å²) in [5.74, 6) is 0. The Bertz CT molecular complexity index is 125. The monoisotopic (exact) mass is 173 g/mol. The van der Waals surface area contributed by atoms with Gasteiger partial charge in [0.15, 0.2) is 0 Å². The quantitative estimate of drug-likeness (QED) is 0.571. The lowest BCUT2D eigenvalue weighted by atomic mass is 9.70. The molecule has 0 spiro atoms. The molecule has 0 radical (unpaired) electrons. The Morgan fingerprint density at radius 1 is 0.917 bits per heavy atom. The van der Waals surface area contributed by atoms with Crippen LogP contribution in [0.4, 0.5) is 0 Å². The minimum atomic E-state index is -0.0388. The summed E-state index contributed by atoms with van der Waals surface area (Å²) in [6, 6.07) is 0.0417. The average molecular weight is 173 g/mol. The van der Waals surface area contributed by atoms with Crippen molar-refractivity contribution in [1.82, 2.24) is 0 Å². The first-order valence-electron chi connectivity index (χ1n) is 4.43. The van der Waals surface area contributed by atoms with Gasteiger partial charge in [-0.2, -0.15) is 0 Å². The second kappa shape index (κ2) is 3.73. The second-order valence-corrected chi connectivity index (χ2v) is 4.86. The summed E-state index contributed by atoms with van der Waals surface area (Å²) in [6.45, 7) is 9.50. The molecule has 74 valence electrons. The molecular formula is C9H23N3. The molecule has 0 amide bonds. The van der Waals surface area contributed by atoms with Crippen LogP contribution in [0.5, 0.6) is 0 Å². The highest BCUT2D eigenvalue weighted by Gasteiger charge is 2.36. The summed E-state index contributed by atoms with van der Waals surface area (Å²) in [5.41, 5.74) is 17.3. The van der Waals surface area contributed by atoms with Crippen molar-refractivity contribution < 1.29 is 0 Å². The van der Waals surface area contributed by atoms with Gasteiger partial charge in [-0.3, -0.25) is 0 Å². The van der Waals surface area contributed by atoms with E-state index in [0.29, 0.717) is 13.1 Å². The van der Waals surface area contributed by atoms with Crippen molar-refractivity contribution in [2.24, 2.45) is 28.0 Å². The van der Waals surface area contributed by atoms with Gasteiger partial charge in [-0.15, -0.1) is 0 Å². The van der Waals surface area contributed by atoms with Gasteiger partial charge in [0.25, 0.3) is 0 Å². The first-order chi connectivity index (χ1) is 5.28. The van der Waals surface area contributed by atoms with Crippen LogP contribution in [-0.4, -0.2) is 19.1 Å². The van der Waals surface area contributed by atoms with Gasteiger partial charge in [-0.1, -0.05) is 27.7 Å². The van der Waals surface area contributed by atoms with E-state index in [1.807, 2.05) is 0 Å². The van der Waals surface area contributed by atoms with E-state index in [1.165, 1.54) is 0 Å². The van der Waals surface area contributed by atoms with Crippen LogP contribution in [0.2, 0.25) is 0 Å². The molecule has 0 unspecified atom stereocenters. The van der Waals surface area contributed by atoms with E-state index in [4.69, 9.17) is 17.2 Å². The molecular weight excluding hydrogens is 150 g/mol. The topological polar surface area (TPSA) is 78.1 Å². The van der Waals surface area contributed by atoms with Crippen molar-refractivity contribution in [3.63, 3.8) is 0 Å². The number of hydrogen-bond acceptors (Lipinski definition) is 3. The summed E-state index contributed by atoms with van der Waals surface area (Å²) < 4.78 is 0. The molecule has 0 fully saturated rings. The van der Waals surface area contributed by atoms with E-state index < -0.39 is 0 Å². The van der Waals surface area contributed by atoms with Crippen molar-refractivity contribution in [2.75, 3.05) is 13.1 Å². The average Bonchev–Trinajstić information content (AvgIpc) is 2.03. The molecule has 0 aromatic heterocycles. The molecule has 0 atom stereocenters. The Balaban J connectivity index is 4.47. The van der Waals surface area contributed by atoms with Gasteiger partial charge < -0.3 is 17.2 Å². The zero-order chi connectivity index (χ0) is 9.99. The molecule has 6 N–H and O–H groups in total. The SMILES string of the molecule is CC(C)(CN)C(N)C(C)(C)CN. The normalized spacial score (nSPS) is 14.0. The molecule has 0 heterocycles. The van der Waals surface area contributed by atoms with Crippen molar-refractivity contribution >= 4 is 0 Å². The smallest absolute Gasteiger partial charge is 0.0166 e.